The molecule has 0 aromatic carbocycles. The molecule has 8 atom stereocenters. The van der Waals surface area contributed by atoms with Crippen molar-refractivity contribution in [3.63, 3.8) is 0 Å². The smallest absolute Gasteiger partial charge is 0.347 e. The zero-order chi connectivity index (χ0) is 27.2. The van der Waals surface area contributed by atoms with Crippen molar-refractivity contribution in [1.82, 2.24) is 15.5 Å². The predicted octanol–water partition coefficient (Wildman–Crippen LogP) is 4.45. The molecule has 5 rings (SSSR count). The second-order valence-electron chi connectivity index (χ2n) is 13.4. The minimum Gasteiger partial charge on any atom is -0.347 e. The van der Waals surface area contributed by atoms with Gasteiger partial charge in [0.1, 0.15) is 0 Å². The summed E-state index contributed by atoms with van der Waals surface area (Å²) in [5.41, 5.74) is 2.70. The molecule has 210 valence electrons. The first-order valence-electron chi connectivity index (χ1n) is 14.7. The average Bonchev–Trinajstić information content (AvgIpc) is 3.50. The Morgan fingerprint density at radius 2 is 1.87 bits per heavy atom. The second-order valence-corrected chi connectivity index (χ2v) is 13.4. The normalized spacial score (nSPS) is 40.5. The van der Waals surface area contributed by atoms with Crippen LogP contribution in [-0.2, 0) is 14.4 Å². The van der Waals surface area contributed by atoms with E-state index >= 15 is 0 Å². The van der Waals surface area contributed by atoms with Crippen molar-refractivity contribution in [2.75, 3.05) is 20.6 Å². The number of carbonyl (C=O) groups is 3. The summed E-state index contributed by atoms with van der Waals surface area (Å²) in [6.45, 7) is 7.30. The van der Waals surface area contributed by atoms with Crippen LogP contribution in [0.2, 0.25) is 0 Å². The Balaban J connectivity index is 1.16. The third-order valence-corrected chi connectivity index (χ3v) is 11.2. The SMILES string of the molecule is C/C(=N\OC(=O)NCC1CCC(C(=O)N(C)C)N1)[C@H]1CC[C@H]2[C@@H]3CCC4=CC(=O)CC[C@]4(C)[C@H]3CC[C@]12C. The van der Waals surface area contributed by atoms with Gasteiger partial charge in [-0.2, -0.15) is 0 Å². The molecular formula is C30H46N4O4. The zero-order valence-corrected chi connectivity index (χ0v) is 23.8. The minimum absolute atomic E-state index is 0.0567. The van der Waals surface area contributed by atoms with Crippen LogP contribution in [-0.4, -0.2) is 61.1 Å². The van der Waals surface area contributed by atoms with E-state index < -0.39 is 6.09 Å². The molecule has 8 nitrogen and oxygen atoms in total. The van der Waals surface area contributed by atoms with E-state index in [0.29, 0.717) is 42.4 Å². The van der Waals surface area contributed by atoms with Crippen LogP contribution >= 0.6 is 0 Å². The highest BCUT2D eigenvalue weighted by atomic mass is 16.7. The fourth-order valence-electron chi connectivity index (χ4n) is 9.15. The van der Waals surface area contributed by atoms with Gasteiger partial charge in [0.25, 0.3) is 0 Å². The monoisotopic (exact) mass is 526 g/mol. The molecule has 0 radical (unpaired) electrons. The topological polar surface area (TPSA) is 100 Å². The van der Waals surface area contributed by atoms with E-state index in [0.717, 1.165) is 37.8 Å². The van der Waals surface area contributed by atoms with Crippen LogP contribution in [0, 0.1) is 34.5 Å². The summed E-state index contributed by atoms with van der Waals surface area (Å²) in [4.78, 5) is 43.6. The van der Waals surface area contributed by atoms with Crippen LogP contribution in [0.3, 0.4) is 0 Å². The lowest BCUT2D eigenvalue weighted by Gasteiger charge is -2.58. The first-order valence-corrected chi connectivity index (χ1v) is 14.7. The van der Waals surface area contributed by atoms with Crippen molar-refractivity contribution in [3.05, 3.63) is 11.6 Å². The maximum atomic E-state index is 12.4. The molecule has 4 aliphatic carbocycles. The van der Waals surface area contributed by atoms with Gasteiger partial charge >= 0.3 is 6.09 Å². The third-order valence-electron chi connectivity index (χ3n) is 11.2. The number of nitrogens with one attached hydrogen (secondary N) is 2. The number of carbonyl (C=O) groups excluding carboxylic acids is 3. The molecule has 38 heavy (non-hydrogen) atoms. The molecule has 2 amide bonds. The summed E-state index contributed by atoms with van der Waals surface area (Å²) < 4.78 is 0. The van der Waals surface area contributed by atoms with Gasteiger partial charge in [0.2, 0.25) is 5.91 Å². The number of nitrogens with zero attached hydrogens (tertiary/aromatic N) is 2. The highest BCUT2D eigenvalue weighted by Crippen LogP contribution is 2.66. The molecule has 2 unspecified atom stereocenters. The highest BCUT2D eigenvalue weighted by Gasteiger charge is 2.59. The van der Waals surface area contributed by atoms with E-state index in [2.05, 4.69) is 29.6 Å². The Bertz CT molecular complexity index is 1040. The Hall–Kier alpha value is -2.22. The number of oxime groups is 1. The lowest BCUT2D eigenvalue weighted by atomic mass is 9.46. The third kappa shape index (κ3) is 4.82. The van der Waals surface area contributed by atoms with Crippen molar-refractivity contribution < 1.29 is 19.2 Å². The predicted molar refractivity (Wildman–Crippen MR) is 146 cm³/mol. The zero-order valence-electron chi connectivity index (χ0n) is 23.8. The minimum atomic E-state index is -0.539. The van der Waals surface area contributed by atoms with Gasteiger partial charge in [-0.05, 0) is 99.4 Å². The van der Waals surface area contributed by atoms with Crippen molar-refractivity contribution in [1.29, 1.82) is 0 Å². The summed E-state index contributed by atoms with van der Waals surface area (Å²) in [5.74, 6) is 2.75. The van der Waals surface area contributed by atoms with E-state index in [1.165, 1.54) is 31.3 Å². The lowest BCUT2D eigenvalue weighted by Crippen LogP contribution is -2.51. The van der Waals surface area contributed by atoms with Gasteiger partial charge in [-0.25, -0.2) is 4.79 Å². The van der Waals surface area contributed by atoms with Crippen LogP contribution in [0.25, 0.3) is 0 Å². The molecule has 5 aliphatic rings. The molecule has 3 saturated carbocycles. The van der Waals surface area contributed by atoms with E-state index in [9.17, 15) is 14.4 Å². The maximum Gasteiger partial charge on any atom is 0.433 e. The van der Waals surface area contributed by atoms with Gasteiger partial charge in [-0.3, -0.25) is 14.4 Å². The summed E-state index contributed by atoms with van der Waals surface area (Å²) >= 11 is 0. The number of likely N-dealkylation sites (N-methyl/N-ethyl adjacent to an activating group) is 1. The van der Waals surface area contributed by atoms with Gasteiger partial charge in [-0.15, -0.1) is 0 Å². The van der Waals surface area contributed by atoms with Crippen LogP contribution in [0.15, 0.2) is 16.8 Å². The second kappa shape index (κ2) is 10.4. The lowest BCUT2D eigenvalue weighted by molar-refractivity contribution is -0.130. The van der Waals surface area contributed by atoms with Gasteiger partial charge < -0.3 is 15.5 Å². The number of hydrogen-bond acceptors (Lipinski definition) is 6. The summed E-state index contributed by atoms with van der Waals surface area (Å²) in [5, 5.41) is 10.4. The number of fused-ring (bicyclic) bond motifs is 5. The standard InChI is InChI=1S/C30H46N4O4/c1-18(33-38-28(37)31-17-20-7-11-26(32-20)27(36)34(4)5)23-9-10-24-22-8-6-19-16-21(35)12-14-29(19,2)25(22)13-15-30(23,24)3/h16,20,22-26,32H,6-15,17H2,1-5H3,(H,31,37)/b33-18+/t20?,22-,23+,24-,25-,26?,29-,30+/m0/s1. The Labute approximate surface area is 227 Å². The Morgan fingerprint density at radius 3 is 2.63 bits per heavy atom. The van der Waals surface area contributed by atoms with Gasteiger partial charge in [0.15, 0.2) is 5.78 Å². The fourth-order valence-corrected chi connectivity index (χ4v) is 9.15. The van der Waals surface area contributed by atoms with Crippen LogP contribution < -0.4 is 10.6 Å². The summed E-state index contributed by atoms with van der Waals surface area (Å²) in [7, 11) is 3.52. The Kier molecular flexibility index (Phi) is 7.48. The fraction of sp³-hybridized carbons (Fsp3) is 0.800. The summed E-state index contributed by atoms with van der Waals surface area (Å²) in [6, 6.07) is -0.129. The van der Waals surface area contributed by atoms with E-state index in [1.807, 2.05) is 13.0 Å². The van der Waals surface area contributed by atoms with Crippen LogP contribution in [0.5, 0.6) is 0 Å². The van der Waals surface area contributed by atoms with Crippen molar-refractivity contribution in [2.45, 2.75) is 97.1 Å². The molecule has 2 N–H and O–H groups in total. The number of rotatable bonds is 5. The molecule has 0 spiro atoms. The molecule has 0 aromatic rings. The quantitative estimate of drug-likeness (QED) is 0.313. The maximum absolute atomic E-state index is 12.4. The molecule has 1 saturated heterocycles. The van der Waals surface area contributed by atoms with Crippen molar-refractivity contribution >= 4 is 23.5 Å². The van der Waals surface area contributed by atoms with Gasteiger partial charge in [0, 0.05) is 39.0 Å². The van der Waals surface area contributed by atoms with E-state index in [4.69, 9.17) is 4.84 Å². The largest absolute Gasteiger partial charge is 0.433 e. The molecular weight excluding hydrogens is 480 g/mol. The van der Waals surface area contributed by atoms with Crippen molar-refractivity contribution in [3.8, 4) is 0 Å². The first kappa shape index (κ1) is 27.4. The van der Waals surface area contributed by atoms with Crippen LogP contribution in [0.1, 0.15) is 85.0 Å². The van der Waals surface area contributed by atoms with Crippen LogP contribution in [0.4, 0.5) is 4.79 Å². The van der Waals surface area contributed by atoms with Gasteiger partial charge in [0.05, 0.1) is 11.8 Å². The molecule has 0 aromatic heterocycles. The van der Waals surface area contributed by atoms with Crippen molar-refractivity contribution in [2.24, 2.45) is 39.7 Å². The molecule has 1 aliphatic heterocycles. The Morgan fingerprint density at radius 1 is 1.08 bits per heavy atom. The first-order chi connectivity index (χ1) is 18.0. The molecule has 4 fully saturated rings. The number of allylic oxidation sites excluding steroid dienone is 1. The average molecular weight is 527 g/mol. The molecule has 1 heterocycles. The van der Waals surface area contributed by atoms with E-state index in [-0.39, 0.29) is 28.8 Å². The number of ketones is 1. The number of hydrogen-bond donors (Lipinski definition) is 2. The molecule has 0 bridgehead atoms. The number of amides is 2. The van der Waals surface area contributed by atoms with E-state index in [1.54, 1.807) is 19.0 Å². The summed E-state index contributed by atoms with van der Waals surface area (Å²) in [6.07, 6.45) is 11.7. The highest BCUT2D eigenvalue weighted by molar-refractivity contribution is 5.91. The van der Waals surface area contributed by atoms with Gasteiger partial charge in [-0.1, -0.05) is 24.6 Å². The molecule has 8 heteroatoms.